The molecule has 4 nitrogen and oxygen atoms in total. The fraction of sp³-hybridized carbons (Fsp3) is 0.161. The van der Waals surface area contributed by atoms with Gasteiger partial charge in [0, 0.05) is 18.1 Å². The first-order valence-corrected chi connectivity index (χ1v) is 12.3. The van der Waals surface area contributed by atoms with E-state index in [2.05, 4.69) is 12.1 Å². The Labute approximate surface area is 216 Å². The summed E-state index contributed by atoms with van der Waals surface area (Å²) >= 11 is 6.00. The Morgan fingerprint density at radius 3 is 2.06 bits per heavy atom. The van der Waals surface area contributed by atoms with Gasteiger partial charge in [0.05, 0.1) is 12.0 Å². The van der Waals surface area contributed by atoms with Crippen LogP contribution in [0.5, 0.6) is 0 Å². The third-order valence-corrected chi connectivity index (χ3v) is 6.41. The third kappa shape index (κ3) is 6.83. The van der Waals surface area contributed by atoms with Crippen molar-refractivity contribution in [3.8, 4) is 11.1 Å². The fourth-order valence-corrected chi connectivity index (χ4v) is 4.36. The number of benzene rings is 4. The van der Waals surface area contributed by atoms with Crippen molar-refractivity contribution in [2.24, 2.45) is 0 Å². The molecule has 36 heavy (non-hydrogen) atoms. The first-order chi connectivity index (χ1) is 17.5. The van der Waals surface area contributed by atoms with Crippen molar-refractivity contribution in [3.05, 3.63) is 130 Å². The summed E-state index contributed by atoms with van der Waals surface area (Å²) in [5, 5.41) is 10.2. The number of carbonyl (C=O) groups is 2. The Hall–Kier alpha value is -3.89. The molecule has 5 heteroatoms. The average molecular weight is 498 g/mol. The second kappa shape index (κ2) is 12.2. The highest BCUT2D eigenvalue weighted by Crippen LogP contribution is 2.25. The molecule has 0 aliphatic heterocycles. The van der Waals surface area contributed by atoms with Crippen molar-refractivity contribution in [1.82, 2.24) is 4.90 Å². The van der Waals surface area contributed by atoms with E-state index in [0.29, 0.717) is 30.1 Å². The maximum atomic E-state index is 13.3. The lowest BCUT2D eigenvalue weighted by atomic mass is 9.98. The van der Waals surface area contributed by atoms with E-state index in [4.69, 9.17) is 11.6 Å². The average Bonchev–Trinajstić information content (AvgIpc) is 2.90. The molecule has 1 amide bonds. The first kappa shape index (κ1) is 25.2. The fourth-order valence-electron chi connectivity index (χ4n) is 4.23. The van der Waals surface area contributed by atoms with Crippen LogP contribution in [0.15, 0.2) is 103 Å². The Bertz CT molecular complexity index is 1300. The highest BCUT2D eigenvalue weighted by atomic mass is 35.5. The van der Waals surface area contributed by atoms with Crippen molar-refractivity contribution in [2.75, 3.05) is 6.54 Å². The van der Waals surface area contributed by atoms with Crippen LogP contribution >= 0.6 is 11.6 Å². The van der Waals surface area contributed by atoms with Crippen LogP contribution in [-0.2, 0) is 24.2 Å². The SMILES string of the molecule is O=C(O)c1ccccc1-c1ccc(CN(CCCc2ccccc2)C(=O)Cc2ccc(Cl)cc2)cc1. The van der Waals surface area contributed by atoms with E-state index in [1.165, 1.54) is 5.56 Å². The normalized spacial score (nSPS) is 10.7. The molecule has 0 atom stereocenters. The molecule has 0 fully saturated rings. The number of halogens is 1. The van der Waals surface area contributed by atoms with Crippen LogP contribution in [0.3, 0.4) is 0 Å². The molecule has 0 saturated heterocycles. The lowest BCUT2D eigenvalue weighted by molar-refractivity contribution is -0.131. The van der Waals surface area contributed by atoms with Crippen molar-refractivity contribution in [2.45, 2.75) is 25.8 Å². The summed E-state index contributed by atoms with van der Waals surface area (Å²) in [5.74, 6) is -0.891. The lowest BCUT2D eigenvalue weighted by Crippen LogP contribution is -2.33. The zero-order valence-electron chi connectivity index (χ0n) is 19.9. The van der Waals surface area contributed by atoms with Gasteiger partial charge in [-0.1, -0.05) is 96.5 Å². The van der Waals surface area contributed by atoms with Gasteiger partial charge in [0.15, 0.2) is 0 Å². The summed E-state index contributed by atoms with van der Waals surface area (Å²) in [5.41, 5.74) is 4.96. The Kier molecular flexibility index (Phi) is 8.53. The van der Waals surface area contributed by atoms with Gasteiger partial charge in [0.1, 0.15) is 0 Å². The molecule has 0 aromatic heterocycles. The molecule has 0 radical (unpaired) electrons. The number of hydrogen-bond acceptors (Lipinski definition) is 2. The molecule has 0 heterocycles. The predicted molar refractivity (Wildman–Crippen MR) is 144 cm³/mol. The van der Waals surface area contributed by atoms with Crippen LogP contribution in [0.1, 0.15) is 33.5 Å². The van der Waals surface area contributed by atoms with E-state index >= 15 is 0 Å². The van der Waals surface area contributed by atoms with Crippen molar-refractivity contribution < 1.29 is 14.7 Å². The van der Waals surface area contributed by atoms with Gasteiger partial charge < -0.3 is 10.0 Å². The van der Waals surface area contributed by atoms with Gasteiger partial charge in [0.2, 0.25) is 5.91 Å². The second-order valence-corrected chi connectivity index (χ2v) is 9.19. The molecule has 4 aromatic carbocycles. The zero-order valence-corrected chi connectivity index (χ0v) is 20.7. The Balaban J connectivity index is 1.49. The van der Waals surface area contributed by atoms with Gasteiger partial charge in [-0.3, -0.25) is 4.79 Å². The van der Waals surface area contributed by atoms with Gasteiger partial charge in [-0.25, -0.2) is 4.79 Å². The predicted octanol–water partition coefficient (Wildman–Crippen LogP) is 6.91. The van der Waals surface area contributed by atoms with E-state index in [0.717, 1.165) is 29.5 Å². The number of aromatic carboxylic acids is 1. The minimum atomic E-state index is -0.952. The summed E-state index contributed by atoms with van der Waals surface area (Å²) < 4.78 is 0. The molecule has 0 saturated carbocycles. The molecule has 4 rings (SSSR count). The molecule has 1 N–H and O–H groups in total. The van der Waals surface area contributed by atoms with E-state index in [1.807, 2.05) is 71.6 Å². The van der Waals surface area contributed by atoms with Gasteiger partial charge >= 0.3 is 5.97 Å². The van der Waals surface area contributed by atoms with Crippen molar-refractivity contribution in [3.63, 3.8) is 0 Å². The minimum absolute atomic E-state index is 0.0608. The second-order valence-electron chi connectivity index (χ2n) is 8.76. The molecule has 0 bridgehead atoms. The van der Waals surface area contributed by atoms with Crippen LogP contribution in [0, 0.1) is 0 Å². The monoisotopic (exact) mass is 497 g/mol. The number of hydrogen-bond donors (Lipinski definition) is 1. The smallest absolute Gasteiger partial charge is 0.336 e. The van der Waals surface area contributed by atoms with E-state index in [1.54, 1.807) is 24.3 Å². The lowest BCUT2D eigenvalue weighted by Gasteiger charge is -2.23. The van der Waals surface area contributed by atoms with Crippen LogP contribution in [0.25, 0.3) is 11.1 Å². The van der Waals surface area contributed by atoms with Gasteiger partial charge in [0.25, 0.3) is 0 Å². The Morgan fingerprint density at radius 1 is 0.722 bits per heavy atom. The quantitative estimate of drug-likeness (QED) is 0.259. The summed E-state index contributed by atoms with van der Waals surface area (Å²) in [6, 6.07) is 32.4. The molecule has 0 unspecified atom stereocenters. The zero-order chi connectivity index (χ0) is 25.3. The van der Waals surface area contributed by atoms with Crippen molar-refractivity contribution >= 4 is 23.5 Å². The molecule has 4 aromatic rings. The summed E-state index contributed by atoms with van der Waals surface area (Å²) in [6.45, 7) is 1.13. The van der Waals surface area contributed by atoms with Gasteiger partial charge in [-0.05, 0) is 58.9 Å². The number of carboxylic acids is 1. The highest BCUT2D eigenvalue weighted by molar-refractivity contribution is 6.30. The molecule has 0 spiro atoms. The summed E-state index contributed by atoms with van der Waals surface area (Å²) in [6.07, 6.45) is 2.07. The minimum Gasteiger partial charge on any atom is -0.478 e. The largest absolute Gasteiger partial charge is 0.478 e. The van der Waals surface area contributed by atoms with E-state index in [9.17, 15) is 14.7 Å². The van der Waals surface area contributed by atoms with Crippen LogP contribution < -0.4 is 0 Å². The number of amides is 1. The maximum Gasteiger partial charge on any atom is 0.336 e. The van der Waals surface area contributed by atoms with Crippen LogP contribution in [-0.4, -0.2) is 28.4 Å². The van der Waals surface area contributed by atoms with E-state index in [-0.39, 0.29) is 11.5 Å². The number of carbonyl (C=O) groups excluding carboxylic acids is 1. The number of nitrogens with zero attached hydrogens (tertiary/aromatic N) is 1. The first-order valence-electron chi connectivity index (χ1n) is 12.0. The topological polar surface area (TPSA) is 57.6 Å². The Morgan fingerprint density at radius 2 is 1.36 bits per heavy atom. The third-order valence-electron chi connectivity index (χ3n) is 6.15. The molecular weight excluding hydrogens is 470 g/mol. The van der Waals surface area contributed by atoms with Crippen LogP contribution in [0.2, 0.25) is 5.02 Å². The van der Waals surface area contributed by atoms with E-state index < -0.39 is 5.97 Å². The molecular formula is C31H28ClNO3. The molecule has 0 aliphatic carbocycles. The van der Waals surface area contributed by atoms with Crippen molar-refractivity contribution in [1.29, 1.82) is 0 Å². The summed E-state index contributed by atoms with van der Waals surface area (Å²) in [4.78, 5) is 26.8. The van der Waals surface area contributed by atoms with Gasteiger partial charge in [-0.2, -0.15) is 0 Å². The standard InChI is InChI=1S/C31H28ClNO3/c32-27-18-14-24(15-19-27)21-30(34)33(20-6-9-23-7-2-1-3-8-23)22-25-12-16-26(17-13-25)28-10-4-5-11-29(28)31(35)36/h1-5,7-8,10-19H,6,9,20-22H2,(H,35,36). The number of rotatable bonds is 10. The van der Waals surface area contributed by atoms with Gasteiger partial charge in [-0.15, -0.1) is 0 Å². The summed E-state index contributed by atoms with van der Waals surface area (Å²) in [7, 11) is 0. The highest BCUT2D eigenvalue weighted by Gasteiger charge is 2.16. The number of carboxylic acid groups (broad SMARTS) is 1. The number of aryl methyl sites for hydroxylation is 1. The molecule has 0 aliphatic rings. The maximum absolute atomic E-state index is 13.3. The van der Waals surface area contributed by atoms with Crippen LogP contribution in [0.4, 0.5) is 0 Å². The molecule has 182 valence electrons.